The molecule has 1 fully saturated rings. The van der Waals surface area contributed by atoms with Crippen molar-refractivity contribution >= 4 is 5.69 Å². The molecule has 1 saturated heterocycles. The van der Waals surface area contributed by atoms with Crippen molar-refractivity contribution in [3.63, 3.8) is 0 Å². The summed E-state index contributed by atoms with van der Waals surface area (Å²) < 4.78 is 26.3. The van der Waals surface area contributed by atoms with Gasteiger partial charge in [-0.15, -0.1) is 5.10 Å². The minimum atomic E-state index is -0.225. The number of furan rings is 1. The van der Waals surface area contributed by atoms with E-state index in [4.69, 9.17) is 9.15 Å². The minimum absolute atomic E-state index is 0.193. The molecule has 0 amide bonds. The van der Waals surface area contributed by atoms with Gasteiger partial charge in [-0.2, -0.15) is 0 Å². The van der Waals surface area contributed by atoms with Gasteiger partial charge in [-0.3, -0.25) is 4.90 Å². The highest BCUT2D eigenvalue weighted by Crippen LogP contribution is 2.34. The summed E-state index contributed by atoms with van der Waals surface area (Å²) in [5, 5.41) is 12.6. The molecule has 1 unspecified atom stereocenters. The molecule has 8 nitrogen and oxygen atoms in total. The number of benzene rings is 2. The van der Waals surface area contributed by atoms with Gasteiger partial charge in [-0.1, -0.05) is 18.2 Å². The maximum atomic E-state index is 13.3. The lowest BCUT2D eigenvalue weighted by Gasteiger charge is -2.40. The molecule has 9 heteroatoms. The molecule has 0 saturated carbocycles. The van der Waals surface area contributed by atoms with Crippen LogP contribution in [-0.2, 0) is 6.54 Å². The predicted molar refractivity (Wildman–Crippen MR) is 121 cm³/mol. The number of piperazine rings is 1. The monoisotopic (exact) mass is 448 g/mol. The van der Waals surface area contributed by atoms with Crippen LogP contribution in [0.2, 0.25) is 0 Å². The number of aromatic nitrogens is 4. The number of para-hydroxylation sites is 1. The minimum Gasteiger partial charge on any atom is -0.496 e. The van der Waals surface area contributed by atoms with E-state index in [2.05, 4.69) is 31.4 Å². The van der Waals surface area contributed by atoms with Gasteiger partial charge in [0, 0.05) is 37.4 Å². The van der Waals surface area contributed by atoms with E-state index in [1.165, 1.54) is 12.1 Å². The number of rotatable bonds is 7. The zero-order valence-electron chi connectivity index (χ0n) is 18.3. The first kappa shape index (κ1) is 21.1. The summed E-state index contributed by atoms with van der Waals surface area (Å²) in [6.45, 7) is 3.62. The van der Waals surface area contributed by atoms with E-state index in [-0.39, 0.29) is 11.9 Å². The van der Waals surface area contributed by atoms with Crippen LogP contribution >= 0.6 is 0 Å². The van der Waals surface area contributed by atoms with E-state index >= 15 is 0 Å². The Hall–Kier alpha value is -3.72. The van der Waals surface area contributed by atoms with Crippen LogP contribution in [0, 0.1) is 5.82 Å². The third kappa shape index (κ3) is 4.45. The fourth-order valence-corrected chi connectivity index (χ4v) is 4.35. The first-order valence-electron chi connectivity index (χ1n) is 10.9. The summed E-state index contributed by atoms with van der Waals surface area (Å²) in [5.74, 6) is 2.07. The number of anilines is 1. The number of halogens is 1. The third-order valence-electron chi connectivity index (χ3n) is 5.99. The van der Waals surface area contributed by atoms with Gasteiger partial charge < -0.3 is 14.1 Å². The Morgan fingerprint density at radius 1 is 1.00 bits per heavy atom. The molecule has 170 valence electrons. The largest absolute Gasteiger partial charge is 0.496 e. The Labute approximate surface area is 191 Å². The molecule has 3 heterocycles. The summed E-state index contributed by atoms with van der Waals surface area (Å²) in [6.07, 6.45) is 1.64. The molecule has 0 bridgehead atoms. The number of hydrogen-bond donors (Lipinski definition) is 0. The molecule has 0 radical (unpaired) electrons. The van der Waals surface area contributed by atoms with Crippen LogP contribution < -0.4 is 9.64 Å². The molecule has 1 aliphatic heterocycles. The molecule has 2 aromatic heterocycles. The third-order valence-corrected chi connectivity index (χ3v) is 5.99. The number of tetrazole rings is 1. The topological polar surface area (TPSA) is 72.4 Å². The van der Waals surface area contributed by atoms with Crippen molar-refractivity contribution in [2.24, 2.45) is 0 Å². The van der Waals surface area contributed by atoms with Crippen LogP contribution in [0.1, 0.15) is 23.2 Å². The SMILES string of the molecule is COc1ccccc1C(c1nnnn1Cc1ccco1)N1CCN(c2ccc(F)cc2)CC1. The van der Waals surface area contributed by atoms with Crippen LogP contribution in [0.25, 0.3) is 0 Å². The summed E-state index contributed by atoms with van der Waals surface area (Å²) in [7, 11) is 1.67. The second kappa shape index (κ2) is 9.41. The van der Waals surface area contributed by atoms with Crippen molar-refractivity contribution in [3.8, 4) is 5.75 Å². The van der Waals surface area contributed by atoms with Gasteiger partial charge in [-0.05, 0) is 52.9 Å². The van der Waals surface area contributed by atoms with Gasteiger partial charge in [0.2, 0.25) is 0 Å². The van der Waals surface area contributed by atoms with Crippen LogP contribution in [0.5, 0.6) is 5.75 Å². The predicted octanol–water partition coefficient (Wildman–Crippen LogP) is 3.37. The van der Waals surface area contributed by atoms with Crippen molar-refractivity contribution in [2.45, 2.75) is 12.6 Å². The van der Waals surface area contributed by atoms with Crippen molar-refractivity contribution in [1.82, 2.24) is 25.1 Å². The Morgan fingerprint density at radius 3 is 2.52 bits per heavy atom. The number of methoxy groups -OCH3 is 1. The van der Waals surface area contributed by atoms with Gasteiger partial charge >= 0.3 is 0 Å². The highest BCUT2D eigenvalue weighted by molar-refractivity contribution is 5.47. The van der Waals surface area contributed by atoms with E-state index in [0.29, 0.717) is 6.54 Å². The molecule has 5 rings (SSSR count). The Morgan fingerprint density at radius 2 is 1.79 bits per heavy atom. The van der Waals surface area contributed by atoms with Crippen LogP contribution in [0.4, 0.5) is 10.1 Å². The van der Waals surface area contributed by atoms with E-state index in [1.54, 1.807) is 18.1 Å². The van der Waals surface area contributed by atoms with Gasteiger partial charge in [0.1, 0.15) is 29.9 Å². The molecule has 33 heavy (non-hydrogen) atoms. The first-order chi connectivity index (χ1) is 16.2. The fraction of sp³-hybridized carbons (Fsp3) is 0.292. The van der Waals surface area contributed by atoms with Crippen molar-refractivity contribution < 1.29 is 13.5 Å². The second-order valence-electron chi connectivity index (χ2n) is 7.92. The molecule has 1 aliphatic rings. The van der Waals surface area contributed by atoms with Crippen molar-refractivity contribution in [1.29, 1.82) is 0 Å². The second-order valence-corrected chi connectivity index (χ2v) is 7.92. The average molecular weight is 449 g/mol. The van der Waals surface area contributed by atoms with E-state index in [1.807, 2.05) is 42.5 Å². The van der Waals surface area contributed by atoms with Crippen molar-refractivity contribution in [2.75, 3.05) is 38.2 Å². The summed E-state index contributed by atoms with van der Waals surface area (Å²) >= 11 is 0. The maximum absolute atomic E-state index is 13.3. The molecule has 0 spiro atoms. The lowest BCUT2D eigenvalue weighted by molar-refractivity contribution is 0.197. The molecular formula is C24H25FN6O2. The number of ether oxygens (including phenoxy) is 1. The normalized spacial score (nSPS) is 15.5. The molecule has 2 aromatic carbocycles. The Balaban J connectivity index is 1.45. The molecular weight excluding hydrogens is 423 g/mol. The van der Waals surface area contributed by atoms with E-state index < -0.39 is 0 Å². The lowest BCUT2D eigenvalue weighted by atomic mass is 10.0. The number of nitrogens with zero attached hydrogens (tertiary/aromatic N) is 6. The molecule has 0 aliphatic carbocycles. The first-order valence-corrected chi connectivity index (χ1v) is 10.9. The highest BCUT2D eigenvalue weighted by atomic mass is 19.1. The van der Waals surface area contributed by atoms with Gasteiger partial charge in [-0.25, -0.2) is 9.07 Å². The van der Waals surface area contributed by atoms with Crippen LogP contribution in [-0.4, -0.2) is 58.4 Å². The molecule has 1 atom stereocenters. The van der Waals surface area contributed by atoms with Gasteiger partial charge in [0.25, 0.3) is 0 Å². The van der Waals surface area contributed by atoms with Gasteiger partial charge in [0.15, 0.2) is 5.82 Å². The van der Waals surface area contributed by atoms with Crippen LogP contribution in [0.3, 0.4) is 0 Å². The smallest absolute Gasteiger partial charge is 0.173 e. The Kier molecular flexibility index (Phi) is 6.03. The zero-order chi connectivity index (χ0) is 22.6. The quantitative estimate of drug-likeness (QED) is 0.429. The van der Waals surface area contributed by atoms with Crippen molar-refractivity contribution in [3.05, 3.63) is 89.9 Å². The average Bonchev–Trinajstić information content (AvgIpc) is 3.54. The zero-order valence-corrected chi connectivity index (χ0v) is 18.3. The van der Waals surface area contributed by atoms with E-state index in [9.17, 15) is 4.39 Å². The standard InChI is InChI=1S/C24H25FN6O2/c1-32-22-7-3-2-6-21(22)23(24-26-27-28-31(24)17-20-5-4-16-33-20)30-14-12-29(13-15-30)19-10-8-18(25)9-11-19/h2-11,16,23H,12-15,17H2,1H3. The summed E-state index contributed by atoms with van der Waals surface area (Å²) in [4.78, 5) is 4.63. The highest BCUT2D eigenvalue weighted by Gasteiger charge is 2.32. The molecule has 4 aromatic rings. The fourth-order valence-electron chi connectivity index (χ4n) is 4.35. The maximum Gasteiger partial charge on any atom is 0.173 e. The molecule has 0 N–H and O–H groups in total. The lowest BCUT2D eigenvalue weighted by Crippen LogP contribution is -2.48. The number of hydrogen-bond acceptors (Lipinski definition) is 7. The summed E-state index contributed by atoms with van der Waals surface area (Å²) in [5.41, 5.74) is 2.03. The van der Waals surface area contributed by atoms with Crippen LogP contribution in [0.15, 0.2) is 71.3 Å². The Bertz CT molecular complexity index is 1170. The van der Waals surface area contributed by atoms with Gasteiger partial charge in [0.05, 0.1) is 13.4 Å². The summed E-state index contributed by atoms with van der Waals surface area (Å²) in [6, 6.07) is 18.2. The van der Waals surface area contributed by atoms with E-state index in [0.717, 1.165) is 54.8 Å².